The summed E-state index contributed by atoms with van der Waals surface area (Å²) < 4.78 is 3.71. The molecule has 0 aliphatic carbocycles. The van der Waals surface area contributed by atoms with Crippen LogP contribution in [0.4, 0.5) is 11.5 Å². The lowest BCUT2D eigenvalue weighted by molar-refractivity contribution is 0.475. The number of phenolic OH excluding ortho intramolecular Hbond substituents is 1. The van der Waals surface area contributed by atoms with Crippen molar-refractivity contribution in [1.82, 2.24) is 24.1 Å². The molecule has 3 aromatic heterocycles. The second kappa shape index (κ2) is 5.13. The van der Waals surface area contributed by atoms with Crippen LogP contribution in [-0.2, 0) is 7.05 Å². The Morgan fingerprint density at radius 1 is 1.17 bits per heavy atom. The van der Waals surface area contributed by atoms with Crippen molar-refractivity contribution in [1.29, 1.82) is 0 Å². The molecule has 7 nitrogen and oxygen atoms in total. The molecule has 0 amide bonds. The van der Waals surface area contributed by atoms with Crippen LogP contribution in [0.2, 0.25) is 0 Å². The second-order valence-corrected chi connectivity index (χ2v) is 5.19. The van der Waals surface area contributed by atoms with Gasteiger partial charge in [-0.2, -0.15) is 5.10 Å². The summed E-state index contributed by atoms with van der Waals surface area (Å²) in [6.45, 7) is 0. The number of hydrogen-bond donors (Lipinski definition) is 2. The lowest BCUT2D eigenvalue weighted by Crippen LogP contribution is -1.98. The van der Waals surface area contributed by atoms with Gasteiger partial charge in [-0.1, -0.05) is 6.07 Å². The highest BCUT2D eigenvalue weighted by Gasteiger charge is 2.11. The minimum Gasteiger partial charge on any atom is -0.508 e. The van der Waals surface area contributed by atoms with Crippen LogP contribution in [0.1, 0.15) is 0 Å². The van der Waals surface area contributed by atoms with Gasteiger partial charge in [0, 0.05) is 43.0 Å². The van der Waals surface area contributed by atoms with Crippen molar-refractivity contribution in [2.45, 2.75) is 0 Å². The number of fused-ring (bicyclic) bond motifs is 1. The van der Waals surface area contributed by atoms with Gasteiger partial charge in [-0.3, -0.25) is 9.08 Å². The Morgan fingerprint density at radius 3 is 2.87 bits per heavy atom. The van der Waals surface area contributed by atoms with Gasteiger partial charge in [0.25, 0.3) is 0 Å². The highest BCUT2D eigenvalue weighted by molar-refractivity contribution is 5.74. The molecule has 7 heteroatoms. The van der Waals surface area contributed by atoms with Gasteiger partial charge in [-0.05, 0) is 12.1 Å². The zero-order valence-corrected chi connectivity index (χ0v) is 12.4. The summed E-state index contributed by atoms with van der Waals surface area (Å²) in [5, 5.41) is 16.9. The van der Waals surface area contributed by atoms with Crippen LogP contribution in [0.15, 0.2) is 55.2 Å². The Hall–Kier alpha value is -3.35. The van der Waals surface area contributed by atoms with E-state index < -0.39 is 0 Å². The van der Waals surface area contributed by atoms with E-state index in [0.29, 0.717) is 11.5 Å². The number of aromatic hydroxyl groups is 1. The van der Waals surface area contributed by atoms with E-state index in [2.05, 4.69) is 20.4 Å². The summed E-state index contributed by atoms with van der Waals surface area (Å²) in [4.78, 5) is 8.81. The number of aromatic nitrogens is 5. The third-order valence-electron chi connectivity index (χ3n) is 3.54. The minimum atomic E-state index is 0.196. The van der Waals surface area contributed by atoms with Crippen LogP contribution in [-0.4, -0.2) is 29.3 Å². The molecular weight excluding hydrogens is 292 g/mol. The van der Waals surface area contributed by atoms with Gasteiger partial charge in [0.1, 0.15) is 5.75 Å². The molecule has 0 spiro atoms. The number of benzene rings is 1. The van der Waals surface area contributed by atoms with E-state index in [1.54, 1.807) is 41.5 Å². The van der Waals surface area contributed by atoms with Crippen molar-refractivity contribution in [3.8, 4) is 17.0 Å². The normalized spacial score (nSPS) is 11.0. The number of nitrogens with zero attached hydrogens (tertiary/aromatic N) is 5. The van der Waals surface area contributed by atoms with Gasteiger partial charge >= 0.3 is 0 Å². The molecule has 0 radical (unpaired) electrons. The zero-order valence-electron chi connectivity index (χ0n) is 12.4. The van der Waals surface area contributed by atoms with Crippen LogP contribution in [0, 0.1) is 0 Å². The van der Waals surface area contributed by atoms with E-state index in [4.69, 9.17) is 0 Å². The Kier molecular flexibility index (Phi) is 2.97. The van der Waals surface area contributed by atoms with Gasteiger partial charge in [-0.15, -0.1) is 0 Å². The summed E-state index contributed by atoms with van der Waals surface area (Å²) in [6, 6.07) is 6.88. The van der Waals surface area contributed by atoms with E-state index in [1.807, 2.05) is 29.9 Å². The molecule has 0 fully saturated rings. The number of nitrogens with one attached hydrogen (secondary N) is 1. The summed E-state index contributed by atoms with van der Waals surface area (Å²) in [7, 11) is 1.88. The smallest absolute Gasteiger partial charge is 0.180 e. The predicted molar refractivity (Wildman–Crippen MR) is 86.6 cm³/mol. The van der Waals surface area contributed by atoms with Gasteiger partial charge in [0.2, 0.25) is 0 Å². The van der Waals surface area contributed by atoms with Gasteiger partial charge in [0.15, 0.2) is 11.5 Å². The molecule has 3 heterocycles. The molecule has 0 atom stereocenters. The largest absolute Gasteiger partial charge is 0.508 e. The average molecular weight is 306 g/mol. The molecule has 0 aliphatic rings. The molecule has 0 saturated carbocycles. The first-order chi connectivity index (χ1) is 11.2. The number of phenols is 1. The number of aryl methyl sites for hydroxylation is 1. The number of anilines is 2. The monoisotopic (exact) mass is 306 g/mol. The van der Waals surface area contributed by atoms with Crippen molar-refractivity contribution < 1.29 is 5.11 Å². The van der Waals surface area contributed by atoms with Gasteiger partial charge in [0.05, 0.1) is 18.1 Å². The van der Waals surface area contributed by atoms with Crippen molar-refractivity contribution in [3.05, 3.63) is 55.2 Å². The van der Waals surface area contributed by atoms with Crippen molar-refractivity contribution in [2.75, 3.05) is 5.32 Å². The standard InChI is InChI=1S/C16H14N6O/c1-21-10-11(8-19-21)14-9-18-16-15(17-5-6-22(14)16)20-12-3-2-4-13(23)7-12/h2-10,23H,1H3,(H,17,20). The molecule has 0 aliphatic heterocycles. The summed E-state index contributed by atoms with van der Waals surface area (Å²) in [5.74, 6) is 0.814. The van der Waals surface area contributed by atoms with Crippen LogP contribution < -0.4 is 5.32 Å². The lowest BCUT2D eigenvalue weighted by atomic mass is 10.3. The summed E-state index contributed by atoms with van der Waals surface area (Å²) in [5.41, 5.74) is 3.37. The molecule has 4 rings (SSSR count). The van der Waals surface area contributed by atoms with Gasteiger partial charge in [-0.25, -0.2) is 9.97 Å². The number of imidazole rings is 1. The molecule has 2 N–H and O–H groups in total. The molecule has 0 unspecified atom stereocenters. The fourth-order valence-electron chi connectivity index (χ4n) is 2.49. The van der Waals surface area contributed by atoms with Crippen molar-refractivity contribution >= 4 is 17.2 Å². The topological polar surface area (TPSA) is 80.3 Å². The van der Waals surface area contributed by atoms with E-state index >= 15 is 0 Å². The Morgan fingerprint density at radius 2 is 2.09 bits per heavy atom. The van der Waals surface area contributed by atoms with E-state index in [0.717, 1.165) is 16.9 Å². The van der Waals surface area contributed by atoms with E-state index in [9.17, 15) is 5.11 Å². The number of rotatable bonds is 3. The average Bonchev–Trinajstić information content (AvgIpc) is 3.14. The van der Waals surface area contributed by atoms with Crippen LogP contribution in [0.3, 0.4) is 0 Å². The summed E-state index contributed by atoms with van der Waals surface area (Å²) >= 11 is 0. The fourth-order valence-corrected chi connectivity index (χ4v) is 2.49. The quantitative estimate of drug-likeness (QED) is 0.608. The minimum absolute atomic E-state index is 0.196. The van der Waals surface area contributed by atoms with Crippen LogP contribution in [0.25, 0.3) is 16.9 Å². The molecule has 1 aromatic carbocycles. The molecular formula is C16H14N6O. The first kappa shape index (κ1) is 13.3. The Labute approximate surface area is 131 Å². The maximum Gasteiger partial charge on any atom is 0.180 e. The van der Waals surface area contributed by atoms with Gasteiger partial charge < -0.3 is 10.4 Å². The second-order valence-electron chi connectivity index (χ2n) is 5.19. The third kappa shape index (κ3) is 2.38. The molecule has 0 bridgehead atoms. The van der Waals surface area contributed by atoms with Crippen molar-refractivity contribution in [3.63, 3.8) is 0 Å². The Bertz CT molecular complexity index is 987. The van der Waals surface area contributed by atoms with E-state index in [1.165, 1.54) is 0 Å². The predicted octanol–water partition coefficient (Wildman–Crippen LogP) is 2.58. The Balaban J connectivity index is 1.78. The van der Waals surface area contributed by atoms with E-state index in [-0.39, 0.29) is 5.75 Å². The maximum atomic E-state index is 9.57. The molecule has 4 aromatic rings. The SMILES string of the molecule is Cn1cc(-c2cnc3c(Nc4cccc(O)c4)nccn23)cn1. The first-order valence-electron chi connectivity index (χ1n) is 7.08. The van der Waals surface area contributed by atoms with Crippen molar-refractivity contribution in [2.24, 2.45) is 7.05 Å². The first-order valence-corrected chi connectivity index (χ1v) is 7.08. The highest BCUT2D eigenvalue weighted by atomic mass is 16.3. The molecule has 114 valence electrons. The third-order valence-corrected chi connectivity index (χ3v) is 3.54. The van der Waals surface area contributed by atoms with Crippen LogP contribution in [0.5, 0.6) is 5.75 Å². The zero-order chi connectivity index (χ0) is 15.8. The fraction of sp³-hybridized carbons (Fsp3) is 0.0625. The highest BCUT2D eigenvalue weighted by Crippen LogP contribution is 2.25. The maximum absolute atomic E-state index is 9.57. The molecule has 0 saturated heterocycles. The lowest BCUT2D eigenvalue weighted by Gasteiger charge is -2.07. The number of hydrogen-bond acceptors (Lipinski definition) is 5. The van der Waals surface area contributed by atoms with Crippen LogP contribution >= 0.6 is 0 Å². The summed E-state index contributed by atoms with van der Waals surface area (Å²) in [6.07, 6.45) is 9.10. The molecule has 23 heavy (non-hydrogen) atoms.